The van der Waals surface area contributed by atoms with E-state index in [-0.39, 0.29) is 0 Å². The average Bonchev–Trinajstić information content (AvgIpc) is 3.13. The molecule has 0 amide bonds. The summed E-state index contributed by atoms with van der Waals surface area (Å²) in [5.41, 5.74) is 1.18. The van der Waals surface area contributed by atoms with E-state index in [2.05, 4.69) is 46.2 Å². The van der Waals surface area contributed by atoms with Gasteiger partial charge in [0.15, 0.2) is 0 Å². The molecule has 1 aromatic heterocycles. The number of hydrogen-bond donors (Lipinski definition) is 1. The first kappa shape index (κ1) is 16.6. The summed E-state index contributed by atoms with van der Waals surface area (Å²) in [5, 5.41) is 3.38. The van der Waals surface area contributed by atoms with Gasteiger partial charge in [-0.2, -0.15) is 0 Å². The maximum absolute atomic E-state index is 5.79. The van der Waals surface area contributed by atoms with E-state index in [0.717, 1.165) is 43.6 Å². The summed E-state index contributed by atoms with van der Waals surface area (Å²) in [6.07, 6.45) is 4.13. The molecule has 1 saturated heterocycles. The predicted octanol–water partition coefficient (Wildman–Crippen LogP) is 3.72. The molecule has 1 aromatic carbocycles. The topological polar surface area (TPSA) is 50.3 Å². The Bertz CT molecular complexity index is 653. The number of aromatic nitrogens is 2. The Morgan fingerprint density at radius 3 is 2.79 bits per heavy atom. The van der Waals surface area contributed by atoms with Crippen LogP contribution in [0.15, 0.2) is 36.7 Å². The molecular weight excluding hydrogens is 300 g/mol. The number of hydrogen-bond acceptors (Lipinski definition) is 5. The van der Waals surface area contributed by atoms with Crippen molar-refractivity contribution in [3.8, 4) is 5.75 Å². The lowest BCUT2D eigenvalue weighted by Crippen LogP contribution is -2.19. The quantitative estimate of drug-likeness (QED) is 0.840. The van der Waals surface area contributed by atoms with Gasteiger partial charge in [-0.15, -0.1) is 0 Å². The Balaban J connectivity index is 1.59. The smallest absolute Gasteiger partial charge is 0.134 e. The van der Waals surface area contributed by atoms with E-state index in [1.165, 1.54) is 18.4 Å². The normalized spacial score (nSPS) is 14.2. The molecule has 0 aliphatic carbocycles. The molecule has 1 N–H and O–H groups in total. The highest BCUT2D eigenvalue weighted by Gasteiger charge is 2.13. The van der Waals surface area contributed by atoms with E-state index in [1.54, 1.807) is 6.33 Å². The summed E-state index contributed by atoms with van der Waals surface area (Å²) in [6, 6.07) is 10.2. The van der Waals surface area contributed by atoms with Crippen LogP contribution in [0.2, 0.25) is 0 Å². The molecule has 0 bridgehead atoms. The van der Waals surface area contributed by atoms with Crippen molar-refractivity contribution >= 4 is 11.6 Å². The molecule has 5 nitrogen and oxygen atoms in total. The van der Waals surface area contributed by atoms with Crippen LogP contribution in [-0.2, 0) is 6.54 Å². The SMILES string of the molecule is CC(C)COc1cccc(CNc2cc(N3CCCC3)ncn2)c1. The number of nitrogens with zero attached hydrogens (tertiary/aromatic N) is 3. The lowest BCUT2D eigenvalue weighted by atomic mass is 10.2. The van der Waals surface area contributed by atoms with Crippen LogP contribution < -0.4 is 15.0 Å². The summed E-state index contributed by atoms with van der Waals surface area (Å²) >= 11 is 0. The second-order valence-electron chi connectivity index (χ2n) is 6.66. The number of rotatable bonds is 7. The first-order valence-corrected chi connectivity index (χ1v) is 8.73. The fourth-order valence-electron chi connectivity index (χ4n) is 2.76. The molecule has 128 valence electrons. The third-order valence-electron chi connectivity index (χ3n) is 4.04. The van der Waals surface area contributed by atoms with Crippen LogP contribution in [-0.4, -0.2) is 29.7 Å². The summed E-state index contributed by atoms with van der Waals surface area (Å²) in [6.45, 7) is 7.94. The van der Waals surface area contributed by atoms with E-state index in [0.29, 0.717) is 5.92 Å². The third kappa shape index (κ3) is 4.60. The molecule has 24 heavy (non-hydrogen) atoms. The van der Waals surface area contributed by atoms with Crippen molar-refractivity contribution in [2.24, 2.45) is 5.92 Å². The van der Waals surface area contributed by atoms with Crippen molar-refractivity contribution in [3.63, 3.8) is 0 Å². The fraction of sp³-hybridized carbons (Fsp3) is 0.474. The van der Waals surface area contributed by atoms with Crippen molar-refractivity contribution in [2.75, 3.05) is 29.9 Å². The first-order valence-electron chi connectivity index (χ1n) is 8.73. The van der Waals surface area contributed by atoms with Crippen molar-refractivity contribution < 1.29 is 4.74 Å². The zero-order valence-corrected chi connectivity index (χ0v) is 14.5. The van der Waals surface area contributed by atoms with Gasteiger partial charge in [0, 0.05) is 25.7 Å². The molecule has 1 aliphatic heterocycles. The van der Waals surface area contributed by atoms with Gasteiger partial charge in [0.2, 0.25) is 0 Å². The molecule has 1 fully saturated rings. The van der Waals surface area contributed by atoms with Crippen LogP contribution >= 0.6 is 0 Å². The van der Waals surface area contributed by atoms with Crippen LogP contribution in [0.3, 0.4) is 0 Å². The molecule has 0 radical (unpaired) electrons. The van der Waals surface area contributed by atoms with Gasteiger partial charge in [-0.25, -0.2) is 9.97 Å². The average molecular weight is 326 g/mol. The lowest BCUT2D eigenvalue weighted by Gasteiger charge is -2.16. The highest BCUT2D eigenvalue weighted by molar-refractivity contribution is 5.49. The second kappa shape index (κ2) is 7.99. The minimum Gasteiger partial charge on any atom is -0.493 e. The van der Waals surface area contributed by atoms with E-state index in [9.17, 15) is 0 Å². The van der Waals surface area contributed by atoms with Gasteiger partial charge in [0.25, 0.3) is 0 Å². The number of nitrogens with one attached hydrogen (secondary N) is 1. The maximum atomic E-state index is 5.79. The molecule has 0 saturated carbocycles. The van der Waals surface area contributed by atoms with Crippen LogP contribution in [0, 0.1) is 5.92 Å². The minimum atomic E-state index is 0.525. The molecule has 3 rings (SSSR count). The third-order valence-corrected chi connectivity index (χ3v) is 4.04. The highest BCUT2D eigenvalue weighted by atomic mass is 16.5. The molecule has 2 aromatic rings. The summed E-state index contributed by atoms with van der Waals surface area (Å²) in [5.74, 6) is 3.32. The maximum Gasteiger partial charge on any atom is 0.134 e. The van der Waals surface area contributed by atoms with Crippen molar-refractivity contribution in [2.45, 2.75) is 33.2 Å². The number of benzene rings is 1. The molecular formula is C19H26N4O. The fourth-order valence-corrected chi connectivity index (χ4v) is 2.76. The van der Waals surface area contributed by atoms with Crippen molar-refractivity contribution in [1.82, 2.24) is 9.97 Å². The molecule has 0 atom stereocenters. The Morgan fingerprint density at radius 1 is 1.17 bits per heavy atom. The van der Waals surface area contributed by atoms with Gasteiger partial charge in [-0.3, -0.25) is 0 Å². The number of ether oxygens (including phenoxy) is 1. The Hall–Kier alpha value is -2.30. The second-order valence-corrected chi connectivity index (χ2v) is 6.66. The van der Waals surface area contributed by atoms with Gasteiger partial charge in [0.1, 0.15) is 23.7 Å². The molecule has 0 spiro atoms. The standard InChI is InChI=1S/C19H26N4O/c1-15(2)13-24-17-7-5-6-16(10-17)12-20-18-11-19(22-14-21-18)23-8-3-4-9-23/h5-7,10-11,14-15H,3-4,8-9,12-13H2,1-2H3,(H,20,21,22). The summed E-state index contributed by atoms with van der Waals surface area (Å²) in [4.78, 5) is 11.0. The van der Waals surface area contributed by atoms with Crippen LogP contribution in [0.1, 0.15) is 32.3 Å². The van der Waals surface area contributed by atoms with Crippen LogP contribution in [0.4, 0.5) is 11.6 Å². The Morgan fingerprint density at radius 2 is 2.00 bits per heavy atom. The first-order chi connectivity index (χ1) is 11.7. The lowest BCUT2D eigenvalue weighted by molar-refractivity contribution is 0.271. The van der Waals surface area contributed by atoms with E-state index >= 15 is 0 Å². The molecule has 5 heteroatoms. The van der Waals surface area contributed by atoms with Gasteiger partial charge in [-0.1, -0.05) is 26.0 Å². The largest absolute Gasteiger partial charge is 0.493 e. The van der Waals surface area contributed by atoms with E-state index in [4.69, 9.17) is 4.74 Å². The van der Waals surface area contributed by atoms with Crippen molar-refractivity contribution in [3.05, 3.63) is 42.2 Å². The van der Waals surface area contributed by atoms with Gasteiger partial charge in [0.05, 0.1) is 6.61 Å². The highest BCUT2D eigenvalue weighted by Crippen LogP contribution is 2.20. The van der Waals surface area contributed by atoms with E-state index < -0.39 is 0 Å². The molecule has 0 unspecified atom stereocenters. The minimum absolute atomic E-state index is 0.525. The molecule has 1 aliphatic rings. The van der Waals surface area contributed by atoms with Gasteiger partial charge >= 0.3 is 0 Å². The molecule has 2 heterocycles. The van der Waals surface area contributed by atoms with Crippen molar-refractivity contribution in [1.29, 1.82) is 0 Å². The number of anilines is 2. The predicted molar refractivity (Wildman–Crippen MR) is 97.6 cm³/mol. The van der Waals surface area contributed by atoms with Gasteiger partial charge < -0.3 is 15.0 Å². The Labute approximate surface area is 144 Å². The van der Waals surface area contributed by atoms with Gasteiger partial charge in [-0.05, 0) is 36.5 Å². The zero-order chi connectivity index (χ0) is 16.8. The Kier molecular flexibility index (Phi) is 5.51. The van der Waals surface area contributed by atoms with E-state index in [1.807, 2.05) is 18.2 Å². The summed E-state index contributed by atoms with van der Waals surface area (Å²) in [7, 11) is 0. The zero-order valence-electron chi connectivity index (χ0n) is 14.5. The monoisotopic (exact) mass is 326 g/mol. The van der Waals surface area contributed by atoms with Crippen LogP contribution in [0.5, 0.6) is 5.75 Å². The summed E-state index contributed by atoms with van der Waals surface area (Å²) < 4.78 is 5.79. The van der Waals surface area contributed by atoms with Crippen LogP contribution in [0.25, 0.3) is 0 Å².